The smallest absolute Gasteiger partial charge is 0.137 e. The fourth-order valence-corrected chi connectivity index (χ4v) is 2.94. The van der Waals surface area contributed by atoms with Crippen LogP contribution in [0.2, 0.25) is 0 Å². The van der Waals surface area contributed by atoms with Crippen LogP contribution in [0, 0.1) is 5.82 Å². The molecule has 0 radical (unpaired) electrons. The van der Waals surface area contributed by atoms with Crippen molar-refractivity contribution in [2.75, 3.05) is 19.7 Å². The van der Waals surface area contributed by atoms with Crippen LogP contribution in [0.3, 0.4) is 0 Å². The summed E-state index contributed by atoms with van der Waals surface area (Å²) in [7, 11) is 0. The maximum atomic E-state index is 13.5. The molecule has 0 aliphatic carbocycles. The molecule has 2 unspecified atom stereocenters. The van der Waals surface area contributed by atoms with E-state index < -0.39 is 0 Å². The van der Waals surface area contributed by atoms with Gasteiger partial charge in [0, 0.05) is 25.2 Å². The van der Waals surface area contributed by atoms with Gasteiger partial charge in [0.1, 0.15) is 5.82 Å². The second kappa shape index (κ2) is 6.98. The third-order valence-corrected chi connectivity index (χ3v) is 4.71. The minimum Gasteiger partial charge on any atom is -0.374 e. The van der Waals surface area contributed by atoms with Gasteiger partial charge in [0.2, 0.25) is 0 Å². The number of hydrogen-bond donors (Lipinski definition) is 1. The quantitative estimate of drug-likeness (QED) is 0.912. The van der Waals surface area contributed by atoms with Crippen LogP contribution in [0.4, 0.5) is 4.39 Å². The van der Waals surface area contributed by atoms with Crippen molar-refractivity contribution in [3.05, 3.63) is 34.1 Å². The van der Waals surface area contributed by atoms with Crippen LogP contribution in [-0.2, 0) is 11.2 Å². The maximum Gasteiger partial charge on any atom is 0.137 e. The molecule has 1 aromatic carbocycles. The van der Waals surface area contributed by atoms with Crippen molar-refractivity contribution >= 4 is 15.9 Å². The van der Waals surface area contributed by atoms with Crippen LogP contribution >= 0.6 is 15.9 Å². The number of halogens is 2. The van der Waals surface area contributed by atoms with Gasteiger partial charge in [0.05, 0.1) is 17.2 Å². The van der Waals surface area contributed by atoms with Crippen molar-refractivity contribution in [2.24, 2.45) is 5.73 Å². The SMILES string of the molecule is CC(C)N1CCOC(C(N)Cc2cccc(F)c2Br)C1. The lowest BCUT2D eigenvalue weighted by Gasteiger charge is -2.38. The Bertz CT molecular complexity index is 455. The number of nitrogens with two attached hydrogens (primary N) is 1. The number of nitrogens with zero attached hydrogens (tertiary/aromatic N) is 1. The van der Waals surface area contributed by atoms with Gasteiger partial charge in [-0.15, -0.1) is 0 Å². The lowest BCUT2D eigenvalue weighted by Crippen LogP contribution is -2.53. The summed E-state index contributed by atoms with van der Waals surface area (Å²) in [4.78, 5) is 2.37. The number of rotatable bonds is 4. The first-order valence-electron chi connectivity index (χ1n) is 7.03. The number of ether oxygens (including phenoxy) is 1. The van der Waals surface area contributed by atoms with Gasteiger partial charge >= 0.3 is 0 Å². The van der Waals surface area contributed by atoms with E-state index in [9.17, 15) is 4.39 Å². The predicted octanol–water partition coefficient (Wildman–Crippen LogP) is 2.57. The highest BCUT2D eigenvalue weighted by Gasteiger charge is 2.27. The van der Waals surface area contributed by atoms with Crippen LogP contribution in [0.5, 0.6) is 0 Å². The molecule has 3 nitrogen and oxygen atoms in total. The second-order valence-electron chi connectivity index (χ2n) is 5.58. The van der Waals surface area contributed by atoms with E-state index in [1.54, 1.807) is 6.07 Å². The van der Waals surface area contributed by atoms with Crippen LogP contribution < -0.4 is 5.73 Å². The first-order chi connectivity index (χ1) is 9.49. The molecule has 5 heteroatoms. The van der Waals surface area contributed by atoms with Crippen LogP contribution in [0.15, 0.2) is 22.7 Å². The minimum absolute atomic E-state index is 0.00122. The van der Waals surface area contributed by atoms with E-state index in [-0.39, 0.29) is 18.0 Å². The molecule has 20 heavy (non-hydrogen) atoms. The zero-order valence-electron chi connectivity index (χ0n) is 12.0. The number of benzene rings is 1. The Kier molecular flexibility index (Phi) is 5.55. The largest absolute Gasteiger partial charge is 0.374 e. The van der Waals surface area contributed by atoms with E-state index in [0.717, 1.165) is 18.7 Å². The number of hydrogen-bond acceptors (Lipinski definition) is 3. The molecule has 2 rings (SSSR count). The van der Waals surface area contributed by atoms with E-state index >= 15 is 0 Å². The van der Waals surface area contributed by atoms with Crippen LogP contribution in [0.25, 0.3) is 0 Å². The first kappa shape index (κ1) is 15.9. The molecular formula is C15H22BrFN2O. The third kappa shape index (κ3) is 3.79. The Morgan fingerprint density at radius 2 is 2.25 bits per heavy atom. The fraction of sp³-hybridized carbons (Fsp3) is 0.600. The average Bonchev–Trinajstić information content (AvgIpc) is 2.44. The van der Waals surface area contributed by atoms with Crippen molar-refractivity contribution < 1.29 is 9.13 Å². The van der Waals surface area contributed by atoms with Gasteiger partial charge in [0.15, 0.2) is 0 Å². The first-order valence-corrected chi connectivity index (χ1v) is 7.82. The molecular weight excluding hydrogens is 323 g/mol. The van der Waals surface area contributed by atoms with E-state index in [0.29, 0.717) is 23.5 Å². The van der Waals surface area contributed by atoms with E-state index in [4.69, 9.17) is 10.5 Å². The molecule has 0 spiro atoms. The fourth-order valence-electron chi connectivity index (χ4n) is 2.52. The molecule has 0 amide bonds. The summed E-state index contributed by atoms with van der Waals surface area (Å²) in [6, 6.07) is 5.42. The monoisotopic (exact) mass is 344 g/mol. The summed E-state index contributed by atoms with van der Waals surface area (Å²) in [5, 5.41) is 0. The topological polar surface area (TPSA) is 38.5 Å². The Balaban J connectivity index is 2.00. The highest BCUT2D eigenvalue weighted by molar-refractivity contribution is 9.10. The predicted molar refractivity (Wildman–Crippen MR) is 82.2 cm³/mol. The molecule has 1 aliphatic heterocycles. The van der Waals surface area contributed by atoms with Crippen molar-refractivity contribution in [3.63, 3.8) is 0 Å². The third-order valence-electron chi connectivity index (χ3n) is 3.82. The molecule has 1 heterocycles. The lowest BCUT2D eigenvalue weighted by molar-refractivity contribution is -0.0495. The highest BCUT2D eigenvalue weighted by atomic mass is 79.9. The summed E-state index contributed by atoms with van der Waals surface area (Å²) in [6.45, 7) is 6.85. The van der Waals surface area contributed by atoms with Gasteiger partial charge in [-0.25, -0.2) is 4.39 Å². The Hall–Kier alpha value is -0.490. The molecule has 0 aromatic heterocycles. The molecule has 1 aliphatic rings. The Labute approximate surface area is 128 Å². The van der Waals surface area contributed by atoms with Gasteiger partial charge in [0.25, 0.3) is 0 Å². The summed E-state index contributed by atoms with van der Waals surface area (Å²) in [6.07, 6.45) is 0.607. The van der Waals surface area contributed by atoms with Crippen molar-refractivity contribution in [2.45, 2.75) is 38.5 Å². The standard InChI is InChI=1S/C15H22BrFN2O/c1-10(2)19-6-7-20-14(9-19)13(18)8-11-4-3-5-12(17)15(11)16/h3-5,10,13-14H,6-9,18H2,1-2H3. The Morgan fingerprint density at radius 1 is 1.50 bits per heavy atom. The van der Waals surface area contributed by atoms with Crippen molar-refractivity contribution in [1.82, 2.24) is 4.90 Å². The molecule has 1 fully saturated rings. The summed E-state index contributed by atoms with van der Waals surface area (Å²) in [5.41, 5.74) is 7.16. The highest BCUT2D eigenvalue weighted by Crippen LogP contribution is 2.23. The van der Waals surface area contributed by atoms with Crippen LogP contribution in [-0.4, -0.2) is 42.8 Å². The summed E-state index contributed by atoms with van der Waals surface area (Å²) < 4.78 is 19.8. The van der Waals surface area contributed by atoms with Gasteiger partial charge in [-0.3, -0.25) is 4.90 Å². The molecule has 1 saturated heterocycles. The van der Waals surface area contributed by atoms with E-state index in [1.807, 2.05) is 6.07 Å². The minimum atomic E-state index is -0.247. The molecule has 2 atom stereocenters. The molecule has 0 bridgehead atoms. The van der Waals surface area contributed by atoms with E-state index in [2.05, 4.69) is 34.7 Å². The molecule has 0 saturated carbocycles. The molecule has 112 valence electrons. The average molecular weight is 345 g/mol. The summed E-state index contributed by atoms with van der Waals surface area (Å²) in [5.74, 6) is -0.247. The lowest BCUT2D eigenvalue weighted by atomic mass is 10.0. The normalized spacial score (nSPS) is 22.2. The molecule has 1 aromatic rings. The van der Waals surface area contributed by atoms with Crippen LogP contribution in [0.1, 0.15) is 19.4 Å². The summed E-state index contributed by atoms with van der Waals surface area (Å²) >= 11 is 3.29. The van der Waals surface area contributed by atoms with Gasteiger partial charge in [-0.2, -0.15) is 0 Å². The number of morpholine rings is 1. The molecule has 2 N–H and O–H groups in total. The van der Waals surface area contributed by atoms with Gasteiger partial charge in [-0.05, 0) is 47.8 Å². The zero-order chi connectivity index (χ0) is 14.7. The van der Waals surface area contributed by atoms with E-state index in [1.165, 1.54) is 6.07 Å². The van der Waals surface area contributed by atoms with Crippen molar-refractivity contribution in [1.29, 1.82) is 0 Å². The maximum absolute atomic E-state index is 13.5. The van der Waals surface area contributed by atoms with Gasteiger partial charge in [-0.1, -0.05) is 12.1 Å². The Morgan fingerprint density at radius 3 is 2.95 bits per heavy atom. The van der Waals surface area contributed by atoms with Gasteiger partial charge < -0.3 is 10.5 Å². The zero-order valence-corrected chi connectivity index (χ0v) is 13.6. The second-order valence-corrected chi connectivity index (χ2v) is 6.37. The van der Waals surface area contributed by atoms with Crippen molar-refractivity contribution in [3.8, 4) is 0 Å².